The number of rotatable bonds is 16. The predicted molar refractivity (Wildman–Crippen MR) is 196 cm³/mol. The van der Waals surface area contributed by atoms with Crippen molar-refractivity contribution in [1.82, 2.24) is 0 Å². The maximum atomic E-state index is 12.2. The SMILES string of the molecule is C[C@@H](C[C@H](CC[C@H](O[Si](C)(C)C(C)(C)C)[C@@H](C)C(=O)O)OCc1ccccc1)O[Si](c1ccccc1)(c1ccccc1)C(C)(C)C. The summed E-state index contributed by atoms with van der Waals surface area (Å²) in [4.78, 5) is 12.2. The van der Waals surface area contributed by atoms with Crippen molar-refractivity contribution in [1.29, 1.82) is 0 Å². The standard InChI is InChI=1S/C39H58O5Si2/c1-30(43-46(39(6,7)8,34-22-16-12-17-23-34)35-24-18-13-19-25-35)28-33(42-29-32-20-14-11-15-21-32)26-27-36(31(2)37(40)41)44-45(9,10)38(3,4)5/h11-25,30-31,33,36H,26-29H2,1-10H3,(H,40,41)/t30-,31+,33-,36-/m0/s1. The van der Waals surface area contributed by atoms with Gasteiger partial charge in [-0.25, -0.2) is 0 Å². The predicted octanol–water partition coefficient (Wildman–Crippen LogP) is 8.82. The van der Waals surface area contributed by atoms with Gasteiger partial charge in [0.05, 0.1) is 24.7 Å². The van der Waals surface area contributed by atoms with Crippen LogP contribution < -0.4 is 10.4 Å². The Hall–Kier alpha value is -2.56. The van der Waals surface area contributed by atoms with Crippen LogP contribution in [-0.4, -0.2) is 46.0 Å². The van der Waals surface area contributed by atoms with E-state index in [0.29, 0.717) is 25.9 Å². The van der Waals surface area contributed by atoms with Crippen molar-refractivity contribution in [2.75, 3.05) is 0 Å². The molecule has 0 spiro atoms. The van der Waals surface area contributed by atoms with Gasteiger partial charge in [0.1, 0.15) is 0 Å². The van der Waals surface area contributed by atoms with Crippen LogP contribution >= 0.6 is 0 Å². The van der Waals surface area contributed by atoms with E-state index in [1.807, 2.05) is 18.2 Å². The van der Waals surface area contributed by atoms with Gasteiger partial charge in [0, 0.05) is 6.10 Å². The molecule has 0 aliphatic heterocycles. The molecule has 0 saturated heterocycles. The highest BCUT2D eigenvalue weighted by Crippen LogP contribution is 2.40. The summed E-state index contributed by atoms with van der Waals surface area (Å²) in [6, 6.07) is 31.7. The van der Waals surface area contributed by atoms with E-state index in [-0.39, 0.29) is 22.3 Å². The van der Waals surface area contributed by atoms with Gasteiger partial charge in [0.15, 0.2) is 8.32 Å². The lowest BCUT2D eigenvalue weighted by atomic mass is 9.97. The third-order valence-electron chi connectivity index (χ3n) is 9.69. The van der Waals surface area contributed by atoms with Crippen molar-refractivity contribution < 1.29 is 23.5 Å². The highest BCUT2D eigenvalue weighted by atomic mass is 28.4. The van der Waals surface area contributed by atoms with Crippen LogP contribution in [0, 0.1) is 5.92 Å². The quantitative estimate of drug-likeness (QED) is 0.155. The molecule has 0 fully saturated rings. The van der Waals surface area contributed by atoms with E-state index < -0.39 is 34.6 Å². The Bertz CT molecular complexity index is 1290. The smallest absolute Gasteiger partial charge is 0.308 e. The maximum absolute atomic E-state index is 12.2. The highest BCUT2D eigenvalue weighted by molar-refractivity contribution is 6.99. The molecule has 3 aromatic carbocycles. The Labute approximate surface area is 281 Å². The number of carbonyl (C=O) groups is 1. The zero-order valence-electron chi connectivity index (χ0n) is 29.9. The molecule has 252 valence electrons. The number of aliphatic carboxylic acids is 1. The van der Waals surface area contributed by atoms with Gasteiger partial charge >= 0.3 is 5.97 Å². The Morgan fingerprint density at radius 2 is 1.20 bits per heavy atom. The van der Waals surface area contributed by atoms with E-state index in [4.69, 9.17) is 13.6 Å². The number of carboxylic acid groups (broad SMARTS) is 1. The molecule has 1 N–H and O–H groups in total. The molecule has 0 bridgehead atoms. The first-order valence-corrected chi connectivity index (χ1v) is 21.6. The normalized spacial score (nSPS) is 15.6. The van der Waals surface area contributed by atoms with Gasteiger partial charge in [0.2, 0.25) is 0 Å². The Morgan fingerprint density at radius 3 is 1.63 bits per heavy atom. The number of ether oxygens (including phenoxy) is 1. The average Bonchev–Trinajstić information content (AvgIpc) is 3.00. The zero-order valence-corrected chi connectivity index (χ0v) is 31.9. The molecule has 0 aromatic heterocycles. The molecule has 0 heterocycles. The third-order valence-corrected chi connectivity index (χ3v) is 19.4. The molecule has 0 aliphatic carbocycles. The molecular weight excluding hydrogens is 605 g/mol. The molecule has 0 saturated carbocycles. The lowest BCUT2D eigenvalue weighted by Crippen LogP contribution is -2.67. The van der Waals surface area contributed by atoms with Crippen molar-refractivity contribution in [3.63, 3.8) is 0 Å². The Kier molecular flexibility index (Phi) is 13.2. The van der Waals surface area contributed by atoms with Crippen LogP contribution in [0.15, 0.2) is 91.0 Å². The summed E-state index contributed by atoms with van der Waals surface area (Å²) in [5.41, 5.74) is 1.11. The second kappa shape index (κ2) is 16.0. The summed E-state index contributed by atoms with van der Waals surface area (Å²) < 4.78 is 20.8. The van der Waals surface area contributed by atoms with Crippen LogP contribution in [0.5, 0.6) is 0 Å². The Morgan fingerprint density at radius 1 is 0.717 bits per heavy atom. The first-order valence-electron chi connectivity index (χ1n) is 16.8. The summed E-state index contributed by atoms with van der Waals surface area (Å²) in [5.74, 6) is -1.44. The van der Waals surface area contributed by atoms with E-state index in [1.165, 1.54) is 10.4 Å². The second-order valence-corrected chi connectivity index (χ2v) is 24.4. The van der Waals surface area contributed by atoms with Crippen LogP contribution in [0.1, 0.15) is 80.2 Å². The van der Waals surface area contributed by atoms with Crippen LogP contribution in [0.2, 0.25) is 23.2 Å². The molecule has 46 heavy (non-hydrogen) atoms. The van der Waals surface area contributed by atoms with Gasteiger partial charge in [-0.05, 0) is 72.2 Å². The summed E-state index contributed by atoms with van der Waals surface area (Å²) in [6.07, 6.45) is 1.33. The number of hydrogen-bond acceptors (Lipinski definition) is 4. The number of carboxylic acids is 1. The molecular formula is C39H58O5Si2. The molecule has 7 heteroatoms. The van der Waals surface area contributed by atoms with Gasteiger partial charge in [-0.2, -0.15) is 0 Å². The molecule has 0 radical (unpaired) electrons. The van der Waals surface area contributed by atoms with Crippen LogP contribution in [0.3, 0.4) is 0 Å². The van der Waals surface area contributed by atoms with Gasteiger partial charge < -0.3 is 18.7 Å². The van der Waals surface area contributed by atoms with Crippen molar-refractivity contribution in [2.45, 2.75) is 123 Å². The largest absolute Gasteiger partial charge is 0.481 e. The zero-order chi connectivity index (χ0) is 34.2. The van der Waals surface area contributed by atoms with Crippen LogP contribution in [0.25, 0.3) is 0 Å². The molecule has 3 aromatic rings. The molecule has 3 rings (SSSR count). The number of hydrogen-bond donors (Lipinski definition) is 1. The molecule has 0 aliphatic rings. The summed E-state index contributed by atoms with van der Waals surface area (Å²) >= 11 is 0. The maximum Gasteiger partial charge on any atom is 0.308 e. The summed E-state index contributed by atoms with van der Waals surface area (Å²) in [5, 5.41) is 12.4. The van der Waals surface area contributed by atoms with Crippen molar-refractivity contribution in [3.8, 4) is 0 Å². The van der Waals surface area contributed by atoms with E-state index in [9.17, 15) is 9.90 Å². The second-order valence-electron chi connectivity index (χ2n) is 15.4. The minimum atomic E-state index is -2.75. The van der Waals surface area contributed by atoms with Gasteiger partial charge in [0.25, 0.3) is 8.32 Å². The van der Waals surface area contributed by atoms with E-state index in [2.05, 4.69) is 134 Å². The highest BCUT2D eigenvalue weighted by Gasteiger charge is 2.51. The van der Waals surface area contributed by atoms with E-state index in [1.54, 1.807) is 6.92 Å². The fraction of sp³-hybridized carbons (Fsp3) is 0.513. The van der Waals surface area contributed by atoms with Crippen molar-refractivity contribution >= 4 is 33.0 Å². The van der Waals surface area contributed by atoms with Gasteiger partial charge in [-0.3, -0.25) is 4.79 Å². The Balaban J connectivity index is 1.93. The molecule has 0 amide bonds. The van der Waals surface area contributed by atoms with Crippen LogP contribution in [-0.2, 0) is 25.0 Å². The number of benzene rings is 3. The average molecular weight is 663 g/mol. The van der Waals surface area contributed by atoms with E-state index >= 15 is 0 Å². The minimum absolute atomic E-state index is 0.0230. The van der Waals surface area contributed by atoms with E-state index in [0.717, 1.165) is 5.56 Å². The first-order chi connectivity index (χ1) is 21.5. The monoisotopic (exact) mass is 662 g/mol. The first kappa shape index (κ1) is 37.9. The minimum Gasteiger partial charge on any atom is -0.481 e. The van der Waals surface area contributed by atoms with Crippen molar-refractivity contribution in [3.05, 3.63) is 96.6 Å². The fourth-order valence-corrected chi connectivity index (χ4v) is 12.1. The van der Waals surface area contributed by atoms with Gasteiger partial charge in [-0.1, -0.05) is 133 Å². The summed E-state index contributed by atoms with van der Waals surface area (Å²) in [7, 11) is -4.95. The topological polar surface area (TPSA) is 65.0 Å². The fourth-order valence-electron chi connectivity index (χ4n) is 5.94. The lowest BCUT2D eigenvalue weighted by Gasteiger charge is -2.45. The van der Waals surface area contributed by atoms with Crippen LogP contribution in [0.4, 0.5) is 0 Å². The molecule has 4 atom stereocenters. The third kappa shape index (κ3) is 9.74. The van der Waals surface area contributed by atoms with Crippen molar-refractivity contribution in [2.24, 2.45) is 5.92 Å². The van der Waals surface area contributed by atoms with Gasteiger partial charge in [-0.15, -0.1) is 0 Å². The lowest BCUT2D eigenvalue weighted by molar-refractivity contribution is -0.144. The molecule has 0 unspecified atom stereocenters. The molecule has 5 nitrogen and oxygen atoms in total. The summed E-state index contributed by atoms with van der Waals surface area (Å²) in [6.45, 7) is 22.3.